The topological polar surface area (TPSA) is 51.5 Å². The third kappa shape index (κ3) is 3.44. The van der Waals surface area contributed by atoms with Gasteiger partial charge in [0, 0.05) is 18.6 Å². The van der Waals surface area contributed by atoms with Gasteiger partial charge in [-0.3, -0.25) is 0 Å². The molecule has 20 heavy (non-hydrogen) atoms. The number of hydrogen-bond donors (Lipinski definition) is 0. The van der Waals surface area contributed by atoms with Gasteiger partial charge in [-0.15, -0.1) is 0 Å². The molecule has 0 N–H and O–H groups in total. The molecule has 1 aliphatic rings. The fraction of sp³-hybridized carbons (Fsp3) is 0.500. The summed E-state index contributed by atoms with van der Waals surface area (Å²) in [4.78, 5) is 0. The Morgan fingerprint density at radius 1 is 1.45 bits per heavy atom. The lowest BCUT2D eigenvalue weighted by Gasteiger charge is -2.17. The minimum Gasteiger partial charge on any atom is -0.492 e. The molecule has 0 radical (unpaired) electrons. The van der Waals surface area contributed by atoms with Crippen LogP contribution in [0.5, 0.6) is 5.75 Å². The molecule has 0 saturated carbocycles. The summed E-state index contributed by atoms with van der Waals surface area (Å²) in [6.07, 6.45) is 0.376. The molecular formula is C14H15F2NO3. The Balaban J connectivity index is 1.94. The maximum atomic E-state index is 13.4. The Labute approximate surface area is 115 Å². The zero-order chi connectivity index (χ0) is 14.8. The average molecular weight is 283 g/mol. The molecule has 0 bridgehead atoms. The summed E-state index contributed by atoms with van der Waals surface area (Å²) in [6.45, 7) is 4.24. The van der Waals surface area contributed by atoms with Crippen LogP contribution < -0.4 is 4.74 Å². The highest BCUT2D eigenvalue weighted by atomic mass is 19.1. The van der Waals surface area contributed by atoms with Crippen molar-refractivity contribution in [2.24, 2.45) is 0 Å². The second-order valence-corrected chi connectivity index (χ2v) is 4.96. The van der Waals surface area contributed by atoms with Gasteiger partial charge >= 0.3 is 0 Å². The quantitative estimate of drug-likeness (QED) is 0.852. The van der Waals surface area contributed by atoms with Crippen molar-refractivity contribution in [1.29, 1.82) is 5.26 Å². The van der Waals surface area contributed by atoms with E-state index in [4.69, 9.17) is 19.5 Å². The minimum absolute atomic E-state index is 0.0943. The van der Waals surface area contributed by atoms with Crippen LogP contribution in [0.2, 0.25) is 0 Å². The van der Waals surface area contributed by atoms with Gasteiger partial charge in [-0.05, 0) is 13.8 Å². The lowest BCUT2D eigenvalue weighted by Crippen LogP contribution is -2.22. The van der Waals surface area contributed by atoms with Crippen LogP contribution in [-0.2, 0) is 9.47 Å². The van der Waals surface area contributed by atoms with E-state index < -0.39 is 17.4 Å². The molecule has 1 aromatic carbocycles. The highest BCUT2D eigenvalue weighted by Gasteiger charge is 2.32. The summed E-state index contributed by atoms with van der Waals surface area (Å²) in [5, 5.41) is 8.83. The number of nitriles is 1. The first-order chi connectivity index (χ1) is 9.41. The third-order valence-corrected chi connectivity index (χ3v) is 2.90. The molecule has 0 aliphatic carbocycles. The first-order valence-electron chi connectivity index (χ1n) is 6.25. The summed E-state index contributed by atoms with van der Waals surface area (Å²) in [5.74, 6) is -2.42. The molecule has 2 rings (SSSR count). The SMILES string of the molecule is CC1(C)OCC(CCOc2cc(F)cc(F)c2C#N)O1. The molecule has 0 aromatic heterocycles. The zero-order valence-corrected chi connectivity index (χ0v) is 11.3. The normalized spacial score (nSPS) is 20.6. The Kier molecular flexibility index (Phi) is 4.21. The van der Waals surface area contributed by atoms with Crippen molar-refractivity contribution in [1.82, 2.24) is 0 Å². The summed E-state index contributed by atoms with van der Waals surface area (Å²) in [7, 11) is 0. The van der Waals surface area contributed by atoms with E-state index in [0.717, 1.165) is 6.07 Å². The molecule has 1 unspecified atom stereocenters. The van der Waals surface area contributed by atoms with Gasteiger partial charge in [-0.25, -0.2) is 8.78 Å². The number of rotatable bonds is 4. The molecule has 1 atom stereocenters. The molecular weight excluding hydrogens is 268 g/mol. The highest BCUT2D eigenvalue weighted by molar-refractivity contribution is 5.44. The van der Waals surface area contributed by atoms with Gasteiger partial charge in [0.2, 0.25) is 0 Å². The smallest absolute Gasteiger partial charge is 0.163 e. The predicted octanol–water partition coefficient (Wildman–Crippen LogP) is 2.76. The van der Waals surface area contributed by atoms with Crippen LogP contribution in [0.3, 0.4) is 0 Å². The number of hydrogen-bond acceptors (Lipinski definition) is 4. The summed E-state index contributed by atoms with van der Waals surface area (Å²) in [6, 6.07) is 3.31. The number of benzene rings is 1. The van der Waals surface area contributed by atoms with Crippen LogP contribution in [0, 0.1) is 23.0 Å². The van der Waals surface area contributed by atoms with Gasteiger partial charge in [0.05, 0.1) is 19.3 Å². The molecule has 0 spiro atoms. The molecule has 0 amide bonds. The van der Waals surface area contributed by atoms with Gasteiger partial charge in [-0.2, -0.15) is 5.26 Å². The maximum Gasteiger partial charge on any atom is 0.163 e. The van der Waals surface area contributed by atoms with Crippen molar-refractivity contribution < 1.29 is 23.0 Å². The van der Waals surface area contributed by atoms with Crippen LogP contribution in [0.15, 0.2) is 12.1 Å². The molecule has 1 aliphatic heterocycles. The van der Waals surface area contributed by atoms with E-state index >= 15 is 0 Å². The number of nitrogens with zero attached hydrogens (tertiary/aromatic N) is 1. The van der Waals surface area contributed by atoms with Crippen LogP contribution >= 0.6 is 0 Å². The van der Waals surface area contributed by atoms with Crippen molar-refractivity contribution in [3.05, 3.63) is 29.3 Å². The first-order valence-corrected chi connectivity index (χ1v) is 6.25. The average Bonchev–Trinajstić information content (AvgIpc) is 2.68. The van der Waals surface area contributed by atoms with E-state index in [2.05, 4.69) is 0 Å². The first kappa shape index (κ1) is 14.7. The third-order valence-electron chi connectivity index (χ3n) is 2.90. The molecule has 1 heterocycles. The zero-order valence-electron chi connectivity index (χ0n) is 11.3. The van der Waals surface area contributed by atoms with Crippen molar-refractivity contribution in [3.8, 4) is 11.8 Å². The van der Waals surface area contributed by atoms with E-state index in [9.17, 15) is 8.78 Å². The van der Waals surface area contributed by atoms with E-state index in [0.29, 0.717) is 19.1 Å². The summed E-state index contributed by atoms with van der Waals surface area (Å²) >= 11 is 0. The van der Waals surface area contributed by atoms with E-state index in [-0.39, 0.29) is 24.0 Å². The lowest BCUT2D eigenvalue weighted by atomic mass is 10.2. The van der Waals surface area contributed by atoms with E-state index in [1.54, 1.807) is 6.07 Å². The lowest BCUT2D eigenvalue weighted by molar-refractivity contribution is -0.139. The van der Waals surface area contributed by atoms with Crippen molar-refractivity contribution >= 4 is 0 Å². The second-order valence-electron chi connectivity index (χ2n) is 4.96. The summed E-state index contributed by atoms with van der Waals surface area (Å²) < 4.78 is 42.7. The van der Waals surface area contributed by atoms with Gasteiger partial charge in [0.25, 0.3) is 0 Å². The molecule has 1 saturated heterocycles. The van der Waals surface area contributed by atoms with Gasteiger partial charge in [0.15, 0.2) is 5.79 Å². The molecule has 1 fully saturated rings. The standard InChI is InChI=1S/C14H15F2NO3/c1-14(2)19-8-10(20-14)3-4-18-13-6-9(15)5-12(16)11(13)7-17/h5-6,10H,3-4,8H2,1-2H3. The molecule has 4 nitrogen and oxygen atoms in total. The van der Waals surface area contributed by atoms with Gasteiger partial charge < -0.3 is 14.2 Å². The van der Waals surface area contributed by atoms with Crippen LogP contribution in [0.25, 0.3) is 0 Å². The Bertz CT molecular complexity index is 540. The van der Waals surface area contributed by atoms with Gasteiger partial charge in [-0.1, -0.05) is 0 Å². The van der Waals surface area contributed by atoms with Crippen LogP contribution in [0.4, 0.5) is 8.78 Å². The summed E-state index contributed by atoms with van der Waals surface area (Å²) in [5.41, 5.74) is -0.296. The number of ether oxygens (including phenoxy) is 3. The predicted molar refractivity (Wildman–Crippen MR) is 66.1 cm³/mol. The van der Waals surface area contributed by atoms with Gasteiger partial charge in [0.1, 0.15) is 29.0 Å². The van der Waals surface area contributed by atoms with Crippen molar-refractivity contribution in [2.45, 2.75) is 32.2 Å². The molecule has 108 valence electrons. The van der Waals surface area contributed by atoms with Crippen LogP contribution in [0.1, 0.15) is 25.8 Å². The largest absolute Gasteiger partial charge is 0.492 e. The number of halogens is 2. The van der Waals surface area contributed by atoms with E-state index in [1.807, 2.05) is 13.8 Å². The Hall–Kier alpha value is -1.71. The molecule has 1 aromatic rings. The fourth-order valence-electron chi connectivity index (χ4n) is 1.98. The minimum atomic E-state index is -0.927. The van der Waals surface area contributed by atoms with Crippen molar-refractivity contribution in [2.75, 3.05) is 13.2 Å². The monoisotopic (exact) mass is 283 g/mol. The Morgan fingerprint density at radius 2 is 2.20 bits per heavy atom. The van der Waals surface area contributed by atoms with Crippen molar-refractivity contribution in [3.63, 3.8) is 0 Å². The highest BCUT2D eigenvalue weighted by Crippen LogP contribution is 2.26. The maximum absolute atomic E-state index is 13.4. The van der Waals surface area contributed by atoms with Crippen LogP contribution in [-0.4, -0.2) is 25.1 Å². The van der Waals surface area contributed by atoms with E-state index in [1.165, 1.54) is 0 Å². The fourth-order valence-corrected chi connectivity index (χ4v) is 1.98. The molecule has 6 heteroatoms. The Morgan fingerprint density at radius 3 is 2.80 bits per heavy atom. The second kappa shape index (κ2) is 5.73.